The summed E-state index contributed by atoms with van der Waals surface area (Å²) in [6, 6.07) is 12.2. The van der Waals surface area contributed by atoms with Crippen molar-refractivity contribution in [3.8, 4) is 33.9 Å². The van der Waals surface area contributed by atoms with Crippen LogP contribution in [0.1, 0.15) is 0 Å². The molecule has 0 atom stereocenters. The van der Waals surface area contributed by atoms with Gasteiger partial charge in [0.15, 0.2) is 11.5 Å². The predicted octanol–water partition coefficient (Wildman–Crippen LogP) is 4.46. The van der Waals surface area contributed by atoms with Crippen LogP contribution in [0.2, 0.25) is 0 Å². The maximum Gasteiger partial charge on any atom is 0.162 e. The number of hydrogen-bond acceptors (Lipinski definition) is 4. The normalized spacial score (nSPS) is 11.0. The van der Waals surface area contributed by atoms with Gasteiger partial charge in [-0.1, -0.05) is 12.1 Å². The van der Waals surface area contributed by atoms with E-state index in [0.717, 1.165) is 33.3 Å². The third kappa shape index (κ3) is 3.10. The molecule has 4 rings (SSSR count). The first kappa shape index (κ1) is 17.0. The van der Waals surface area contributed by atoms with E-state index in [-0.39, 0.29) is 5.82 Å². The van der Waals surface area contributed by atoms with E-state index in [1.54, 1.807) is 31.2 Å². The summed E-state index contributed by atoms with van der Waals surface area (Å²) in [4.78, 5) is 4.77. The highest BCUT2D eigenvalue weighted by atomic mass is 19.1. The van der Waals surface area contributed by atoms with Gasteiger partial charge in [-0.15, -0.1) is 0 Å². The van der Waals surface area contributed by atoms with Crippen molar-refractivity contribution in [1.29, 1.82) is 0 Å². The lowest BCUT2D eigenvalue weighted by Gasteiger charge is -2.13. The van der Waals surface area contributed by atoms with Gasteiger partial charge in [0, 0.05) is 30.3 Å². The molecule has 0 saturated heterocycles. The summed E-state index contributed by atoms with van der Waals surface area (Å²) in [7, 11) is 5.02. The lowest BCUT2D eigenvalue weighted by molar-refractivity contribution is 0.356. The summed E-state index contributed by atoms with van der Waals surface area (Å²) in [6.07, 6.45) is 3.65. The maximum absolute atomic E-state index is 13.9. The fraction of sp³-hybridized carbons (Fsp3) is 0.143. The van der Waals surface area contributed by atoms with E-state index in [2.05, 4.69) is 5.10 Å². The van der Waals surface area contributed by atoms with E-state index < -0.39 is 0 Å². The molecule has 0 unspecified atom stereocenters. The molecule has 2 aromatic carbocycles. The summed E-state index contributed by atoms with van der Waals surface area (Å²) >= 11 is 0. The summed E-state index contributed by atoms with van der Waals surface area (Å²) in [5.74, 6) is 0.894. The monoisotopic (exact) mass is 363 g/mol. The number of halogens is 1. The average molecular weight is 363 g/mol. The molecule has 0 aliphatic heterocycles. The topological polar surface area (TPSA) is 49.2 Å². The Balaban J connectivity index is 2.05. The average Bonchev–Trinajstić information content (AvgIpc) is 3.12. The standard InChI is InChI=1S/C21H18FN3O2/c1-25-12-14(11-23-25)18-8-16(13-5-4-6-15(22)7-13)17-9-20(26-2)21(27-3)10-19(17)24-18/h4-12H,1-3H3. The Kier molecular flexibility index (Phi) is 4.24. The molecule has 27 heavy (non-hydrogen) atoms. The van der Waals surface area contributed by atoms with Gasteiger partial charge in [-0.25, -0.2) is 9.37 Å². The molecule has 2 aromatic heterocycles. The SMILES string of the molecule is COc1cc2nc(-c3cnn(C)c3)cc(-c3cccc(F)c3)c2cc1OC. The number of pyridine rings is 1. The first-order valence-electron chi connectivity index (χ1n) is 8.41. The second-order valence-electron chi connectivity index (χ2n) is 6.19. The van der Waals surface area contributed by atoms with Crippen LogP contribution in [0.5, 0.6) is 11.5 Å². The van der Waals surface area contributed by atoms with Gasteiger partial charge in [0.2, 0.25) is 0 Å². The minimum atomic E-state index is -0.291. The summed E-state index contributed by atoms with van der Waals surface area (Å²) in [5.41, 5.74) is 3.99. The summed E-state index contributed by atoms with van der Waals surface area (Å²) < 4.78 is 26.4. The lowest BCUT2D eigenvalue weighted by atomic mass is 9.98. The fourth-order valence-electron chi connectivity index (χ4n) is 3.15. The molecule has 5 nitrogen and oxygen atoms in total. The number of nitrogens with zero attached hydrogens (tertiary/aromatic N) is 3. The molecular formula is C21H18FN3O2. The van der Waals surface area contributed by atoms with Crippen LogP contribution in [0, 0.1) is 5.82 Å². The summed E-state index contributed by atoms with van der Waals surface area (Å²) in [5, 5.41) is 5.08. The van der Waals surface area contributed by atoms with Gasteiger partial charge < -0.3 is 9.47 Å². The van der Waals surface area contributed by atoms with Gasteiger partial charge >= 0.3 is 0 Å². The zero-order chi connectivity index (χ0) is 19.0. The molecular weight excluding hydrogens is 345 g/mol. The van der Waals surface area contributed by atoms with Crippen molar-refractivity contribution in [2.24, 2.45) is 7.05 Å². The quantitative estimate of drug-likeness (QED) is 0.537. The van der Waals surface area contributed by atoms with Gasteiger partial charge in [-0.2, -0.15) is 5.10 Å². The first-order chi connectivity index (χ1) is 13.1. The van der Waals surface area contributed by atoms with Crippen molar-refractivity contribution in [3.05, 3.63) is 60.7 Å². The Morgan fingerprint density at radius 1 is 0.963 bits per heavy atom. The van der Waals surface area contributed by atoms with Gasteiger partial charge in [0.25, 0.3) is 0 Å². The molecule has 0 aliphatic rings. The number of benzene rings is 2. The van der Waals surface area contributed by atoms with E-state index >= 15 is 0 Å². The van der Waals surface area contributed by atoms with Crippen LogP contribution in [-0.2, 0) is 7.05 Å². The number of aryl methyl sites for hydroxylation is 1. The van der Waals surface area contributed by atoms with Crippen molar-refractivity contribution in [2.45, 2.75) is 0 Å². The third-order valence-corrected chi connectivity index (χ3v) is 4.45. The Morgan fingerprint density at radius 2 is 1.74 bits per heavy atom. The van der Waals surface area contributed by atoms with E-state index in [1.165, 1.54) is 12.1 Å². The third-order valence-electron chi connectivity index (χ3n) is 4.45. The zero-order valence-electron chi connectivity index (χ0n) is 15.2. The molecule has 2 heterocycles. The van der Waals surface area contributed by atoms with Gasteiger partial charge in [-0.3, -0.25) is 4.68 Å². The van der Waals surface area contributed by atoms with Crippen LogP contribution in [0.15, 0.2) is 54.9 Å². The van der Waals surface area contributed by atoms with Crippen molar-refractivity contribution in [1.82, 2.24) is 14.8 Å². The smallest absolute Gasteiger partial charge is 0.162 e. The number of fused-ring (bicyclic) bond motifs is 1. The van der Waals surface area contributed by atoms with Crippen molar-refractivity contribution in [2.75, 3.05) is 14.2 Å². The molecule has 0 amide bonds. The first-order valence-corrected chi connectivity index (χ1v) is 8.41. The van der Waals surface area contributed by atoms with Gasteiger partial charge in [0.05, 0.1) is 31.6 Å². The molecule has 0 bridgehead atoms. The Bertz CT molecular complexity index is 1140. The Labute approximate surface area is 156 Å². The van der Waals surface area contributed by atoms with E-state index in [9.17, 15) is 4.39 Å². The second kappa shape index (κ2) is 6.72. The van der Waals surface area contributed by atoms with Crippen LogP contribution in [0.4, 0.5) is 4.39 Å². The predicted molar refractivity (Wildman–Crippen MR) is 102 cm³/mol. The van der Waals surface area contributed by atoms with Crippen LogP contribution in [-0.4, -0.2) is 29.0 Å². The molecule has 136 valence electrons. The number of methoxy groups -OCH3 is 2. The highest BCUT2D eigenvalue weighted by molar-refractivity contribution is 5.98. The van der Waals surface area contributed by atoms with Crippen LogP contribution < -0.4 is 9.47 Å². The largest absolute Gasteiger partial charge is 0.493 e. The van der Waals surface area contributed by atoms with Gasteiger partial charge in [-0.05, 0) is 35.4 Å². The molecule has 0 N–H and O–H groups in total. The second-order valence-corrected chi connectivity index (χ2v) is 6.19. The molecule has 0 saturated carbocycles. The number of aromatic nitrogens is 3. The van der Waals surface area contributed by atoms with E-state index in [1.807, 2.05) is 37.5 Å². The van der Waals surface area contributed by atoms with Gasteiger partial charge in [0.1, 0.15) is 5.82 Å². The molecule has 6 heteroatoms. The maximum atomic E-state index is 13.9. The molecule has 0 radical (unpaired) electrons. The van der Waals surface area contributed by atoms with E-state index in [0.29, 0.717) is 11.5 Å². The summed E-state index contributed by atoms with van der Waals surface area (Å²) in [6.45, 7) is 0. The van der Waals surface area contributed by atoms with Crippen molar-refractivity contribution in [3.63, 3.8) is 0 Å². The Morgan fingerprint density at radius 3 is 2.41 bits per heavy atom. The highest BCUT2D eigenvalue weighted by Gasteiger charge is 2.15. The lowest BCUT2D eigenvalue weighted by Crippen LogP contribution is -1.94. The van der Waals surface area contributed by atoms with Crippen LogP contribution in [0.25, 0.3) is 33.3 Å². The molecule has 4 aromatic rings. The van der Waals surface area contributed by atoms with Crippen LogP contribution >= 0.6 is 0 Å². The van der Waals surface area contributed by atoms with Crippen molar-refractivity contribution >= 4 is 10.9 Å². The molecule has 0 aliphatic carbocycles. The minimum absolute atomic E-state index is 0.291. The number of rotatable bonds is 4. The minimum Gasteiger partial charge on any atom is -0.493 e. The molecule has 0 spiro atoms. The number of ether oxygens (including phenoxy) is 2. The van der Waals surface area contributed by atoms with E-state index in [4.69, 9.17) is 14.5 Å². The fourth-order valence-corrected chi connectivity index (χ4v) is 3.15. The van der Waals surface area contributed by atoms with Crippen LogP contribution in [0.3, 0.4) is 0 Å². The Hall–Kier alpha value is -3.41. The highest BCUT2D eigenvalue weighted by Crippen LogP contribution is 2.38. The number of hydrogen-bond donors (Lipinski definition) is 0. The molecule has 0 fully saturated rings. The zero-order valence-corrected chi connectivity index (χ0v) is 15.2. The van der Waals surface area contributed by atoms with Crippen molar-refractivity contribution < 1.29 is 13.9 Å².